The summed E-state index contributed by atoms with van der Waals surface area (Å²) in [4.78, 5) is 23.4. The van der Waals surface area contributed by atoms with E-state index in [1.54, 1.807) is 0 Å². The van der Waals surface area contributed by atoms with Gasteiger partial charge in [0.15, 0.2) is 0 Å². The molecule has 0 bridgehead atoms. The van der Waals surface area contributed by atoms with Crippen LogP contribution < -0.4 is 4.90 Å². The van der Waals surface area contributed by atoms with Crippen molar-refractivity contribution in [1.82, 2.24) is 34.4 Å². The SMILES string of the molecule is Cc1nc2nc(C)c(C[C@@H]3CCN(c4ccc(-c5ccc(CN6CCOCC6)nc5)cn4)C3)c(C)n2n1. The molecule has 1 atom stereocenters. The molecule has 0 aliphatic carbocycles. The minimum Gasteiger partial charge on any atom is -0.379 e. The first kappa shape index (κ1) is 23.9. The fourth-order valence-electron chi connectivity index (χ4n) is 5.52. The third kappa shape index (κ3) is 5.06. The molecule has 4 aromatic rings. The number of nitrogens with zero attached hydrogens (tertiary/aromatic N) is 8. The van der Waals surface area contributed by atoms with Gasteiger partial charge in [-0.1, -0.05) is 6.07 Å². The van der Waals surface area contributed by atoms with Crippen LogP contribution in [0.15, 0.2) is 36.7 Å². The summed E-state index contributed by atoms with van der Waals surface area (Å²) in [5, 5.41) is 4.53. The highest BCUT2D eigenvalue weighted by atomic mass is 16.5. The molecule has 6 heterocycles. The predicted molar refractivity (Wildman–Crippen MR) is 143 cm³/mol. The van der Waals surface area contributed by atoms with Gasteiger partial charge in [-0.25, -0.2) is 14.5 Å². The van der Waals surface area contributed by atoms with E-state index >= 15 is 0 Å². The van der Waals surface area contributed by atoms with Crippen LogP contribution in [0.25, 0.3) is 16.9 Å². The molecule has 0 saturated carbocycles. The zero-order chi connectivity index (χ0) is 25.4. The van der Waals surface area contributed by atoms with Gasteiger partial charge in [-0.3, -0.25) is 9.88 Å². The molecule has 37 heavy (non-hydrogen) atoms. The number of aryl methyl sites for hydroxylation is 3. The second-order valence-electron chi connectivity index (χ2n) is 10.3. The average molecular weight is 499 g/mol. The Labute approximate surface area is 217 Å². The Hall–Kier alpha value is -3.43. The molecule has 6 rings (SSSR count). The van der Waals surface area contributed by atoms with Crippen molar-refractivity contribution in [3.05, 3.63) is 65.1 Å². The van der Waals surface area contributed by atoms with Crippen molar-refractivity contribution in [2.75, 3.05) is 44.3 Å². The standard InChI is InChI=1S/C28H34N8O/c1-19-26(20(2)36-28(31-19)32-21(3)33-36)14-22-8-9-35(17-22)27-7-5-24(16-30-27)23-4-6-25(29-15-23)18-34-10-12-37-13-11-34/h4-7,15-16,22H,8-14,17-18H2,1-3H3/t22-/m0/s1. The Balaban J connectivity index is 1.09. The van der Waals surface area contributed by atoms with E-state index < -0.39 is 0 Å². The van der Waals surface area contributed by atoms with Crippen LogP contribution in [0.2, 0.25) is 0 Å². The van der Waals surface area contributed by atoms with Crippen LogP contribution in [0, 0.1) is 26.7 Å². The Kier molecular flexibility index (Phi) is 6.56. The lowest BCUT2D eigenvalue weighted by molar-refractivity contribution is 0.0336. The predicted octanol–water partition coefficient (Wildman–Crippen LogP) is 3.41. The molecule has 2 fully saturated rings. The maximum Gasteiger partial charge on any atom is 0.252 e. The number of fused-ring (bicyclic) bond motifs is 1. The second-order valence-corrected chi connectivity index (χ2v) is 10.3. The van der Waals surface area contributed by atoms with Gasteiger partial charge >= 0.3 is 0 Å². The molecule has 4 aromatic heterocycles. The van der Waals surface area contributed by atoms with E-state index in [4.69, 9.17) is 19.7 Å². The smallest absolute Gasteiger partial charge is 0.252 e. The molecule has 2 aliphatic heterocycles. The van der Waals surface area contributed by atoms with Gasteiger partial charge in [-0.05, 0) is 63.3 Å². The highest BCUT2D eigenvalue weighted by molar-refractivity contribution is 5.63. The second kappa shape index (κ2) is 10.1. The van der Waals surface area contributed by atoms with Crippen molar-refractivity contribution in [2.24, 2.45) is 5.92 Å². The van der Waals surface area contributed by atoms with Crippen molar-refractivity contribution in [3.8, 4) is 11.1 Å². The zero-order valence-electron chi connectivity index (χ0n) is 21.9. The highest BCUT2D eigenvalue weighted by Crippen LogP contribution is 2.28. The average Bonchev–Trinajstić information content (AvgIpc) is 3.54. The van der Waals surface area contributed by atoms with E-state index in [2.05, 4.69) is 58.0 Å². The molecule has 192 valence electrons. The van der Waals surface area contributed by atoms with Crippen molar-refractivity contribution in [1.29, 1.82) is 0 Å². The normalized spacial score (nSPS) is 18.7. The lowest BCUT2D eigenvalue weighted by atomic mass is 9.96. The first-order chi connectivity index (χ1) is 18.0. The molecule has 0 radical (unpaired) electrons. The molecule has 2 saturated heterocycles. The lowest BCUT2D eigenvalue weighted by Crippen LogP contribution is -2.35. The maximum absolute atomic E-state index is 5.44. The van der Waals surface area contributed by atoms with Crippen LogP contribution in [0.5, 0.6) is 0 Å². The maximum atomic E-state index is 5.44. The number of pyridine rings is 2. The molecule has 9 nitrogen and oxygen atoms in total. The van der Waals surface area contributed by atoms with Crippen LogP contribution in [0.1, 0.15) is 34.9 Å². The third-order valence-electron chi connectivity index (χ3n) is 7.65. The molecule has 0 aromatic carbocycles. The Morgan fingerprint density at radius 1 is 0.919 bits per heavy atom. The van der Waals surface area contributed by atoms with E-state index in [1.807, 2.05) is 23.8 Å². The monoisotopic (exact) mass is 498 g/mol. The molecule has 0 N–H and O–H groups in total. The largest absolute Gasteiger partial charge is 0.379 e. The van der Waals surface area contributed by atoms with Gasteiger partial charge < -0.3 is 9.64 Å². The molecule has 0 spiro atoms. The number of rotatable bonds is 6. The Bertz CT molecular complexity index is 1380. The third-order valence-corrected chi connectivity index (χ3v) is 7.65. The summed E-state index contributed by atoms with van der Waals surface area (Å²) < 4.78 is 7.32. The van der Waals surface area contributed by atoms with Gasteiger partial charge in [0.05, 0.1) is 18.9 Å². The van der Waals surface area contributed by atoms with Gasteiger partial charge in [0.2, 0.25) is 0 Å². The minimum absolute atomic E-state index is 0.561. The van der Waals surface area contributed by atoms with Crippen LogP contribution >= 0.6 is 0 Å². The van der Waals surface area contributed by atoms with Crippen LogP contribution in [-0.2, 0) is 17.7 Å². The molecular formula is C28H34N8O. The topological polar surface area (TPSA) is 84.6 Å². The summed E-state index contributed by atoms with van der Waals surface area (Å²) in [6, 6.07) is 8.58. The van der Waals surface area contributed by atoms with Gasteiger partial charge in [0.1, 0.15) is 11.6 Å². The number of ether oxygens (including phenoxy) is 1. The van der Waals surface area contributed by atoms with Gasteiger partial charge in [-0.2, -0.15) is 10.1 Å². The van der Waals surface area contributed by atoms with Crippen molar-refractivity contribution in [3.63, 3.8) is 0 Å². The van der Waals surface area contributed by atoms with Gasteiger partial charge in [0.25, 0.3) is 5.78 Å². The Morgan fingerprint density at radius 2 is 1.70 bits per heavy atom. The summed E-state index contributed by atoms with van der Waals surface area (Å²) in [6.07, 6.45) is 6.08. The number of morpholine rings is 1. The van der Waals surface area contributed by atoms with E-state index in [1.165, 1.54) is 5.56 Å². The fourth-order valence-corrected chi connectivity index (χ4v) is 5.52. The van der Waals surface area contributed by atoms with Crippen LogP contribution in [0.4, 0.5) is 5.82 Å². The van der Waals surface area contributed by atoms with Crippen LogP contribution in [-0.4, -0.2) is 73.8 Å². The summed E-state index contributed by atoms with van der Waals surface area (Å²) in [5.74, 6) is 3.05. The van der Waals surface area contributed by atoms with Gasteiger partial charge in [0, 0.05) is 67.6 Å². The summed E-state index contributed by atoms with van der Waals surface area (Å²) in [6.45, 7) is 12.6. The zero-order valence-corrected chi connectivity index (χ0v) is 21.9. The van der Waals surface area contributed by atoms with Crippen molar-refractivity contribution >= 4 is 11.6 Å². The van der Waals surface area contributed by atoms with Crippen molar-refractivity contribution in [2.45, 2.75) is 40.2 Å². The Morgan fingerprint density at radius 3 is 2.43 bits per heavy atom. The molecule has 0 amide bonds. The molecule has 0 unspecified atom stereocenters. The first-order valence-electron chi connectivity index (χ1n) is 13.2. The molecule has 9 heteroatoms. The summed E-state index contributed by atoms with van der Waals surface area (Å²) >= 11 is 0. The fraction of sp³-hybridized carbons (Fsp3) is 0.464. The summed E-state index contributed by atoms with van der Waals surface area (Å²) in [5.41, 5.74) is 6.78. The number of anilines is 1. The van der Waals surface area contributed by atoms with Gasteiger partial charge in [-0.15, -0.1) is 0 Å². The number of aromatic nitrogens is 6. The lowest BCUT2D eigenvalue weighted by Gasteiger charge is -2.26. The van der Waals surface area contributed by atoms with E-state index in [-0.39, 0.29) is 0 Å². The number of hydrogen-bond acceptors (Lipinski definition) is 8. The van der Waals surface area contributed by atoms with E-state index in [0.717, 1.165) is 98.6 Å². The molecule has 2 aliphatic rings. The van der Waals surface area contributed by atoms with Crippen LogP contribution in [0.3, 0.4) is 0 Å². The summed E-state index contributed by atoms with van der Waals surface area (Å²) in [7, 11) is 0. The van der Waals surface area contributed by atoms with E-state index in [0.29, 0.717) is 11.7 Å². The molecular weight excluding hydrogens is 464 g/mol. The quantitative estimate of drug-likeness (QED) is 0.400. The van der Waals surface area contributed by atoms with E-state index in [9.17, 15) is 0 Å². The minimum atomic E-state index is 0.561. The first-order valence-corrected chi connectivity index (χ1v) is 13.2. The number of hydrogen-bond donors (Lipinski definition) is 0. The van der Waals surface area contributed by atoms with Crippen molar-refractivity contribution < 1.29 is 4.74 Å². The highest BCUT2D eigenvalue weighted by Gasteiger charge is 2.26.